The van der Waals surface area contributed by atoms with Crippen molar-refractivity contribution in [2.24, 2.45) is 5.41 Å². The first-order valence-corrected chi connectivity index (χ1v) is 4.91. The molecule has 0 radical (unpaired) electrons. The molecule has 0 aliphatic heterocycles. The number of aliphatic hydroxyl groups is 1. The molecule has 0 aromatic carbocycles. The van der Waals surface area contributed by atoms with Gasteiger partial charge in [-0.1, -0.05) is 13.8 Å². The summed E-state index contributed by atoms with van der Waals surface area (Å²) in [6, 6.07) is 0.787. The van der Waals surface area contributed by atoms with E-state index in [1.165, 1.54) is 0 Å². The zero-order valence-electron chi connectivity index (χ0n) is 9.00. The van der Waals surface area contributed by atoms with Gasteiger partial charge >= 0.3 is 0 Å². The predicted octanol–water partition coefficient (Wildman–Crippen LogP) is 0.770. The van der Waals surface area contributed by atoms with Gasteiger partial charge in [-0.3, -0.25) is 0 Å². The summed E-state index contributed by atoms with van der Waals surface area (Å²) >= 11 is 0. The number of rotatable bonds is 4. The third-order valence-electron chi connectivity index (χ3n) is 3.12. The Bertz CT molecular complexity index is 170. The van der Waals surface area contributed by atoms with Gasteiger partial charge in [0.05, 0.1) is 12.7 Å². The second kappa shape index (κ2) is 3.95. The van der Waals surface area contributed by atoms with Crippen LogP contribution in [-0.2, 0) is 4.74 Å². The van der Waals surface area contributed by atoms with Gasteiger partial charge in [-0.2, -0.15) is 0 Å². The number of ether oxygens (including phenoxy) is 1. The Balaban J connectivity index is 2.31. The molecule has 2 N–H and O–H groups in total. The molecule has 0 bridgehead atoms. The van der Waals surface area contributed by atoms with Gasteiger partial charge in [-0.05, 0) is 13.3 Å². The maximum Gasteiger partial charge on any atom is 0.0621 e. The van der Waals surface area contributed by atoms with Crippen LogP contribution in [0.15, 0.2) is 0 Å². The smallest absolute Gasteiger partial charge is 0.0621 e. The fourth-order valence-corrected chi connectivity index (χ4v) is 1.83. The highest BCUT2D eigenvalue weighted by Gasteiger charge is 2.47. The molecule has 0 saturated heterocycles. The van der Waals surface area contributed by atoms with Crippen molar-refractivity contribution >= 4 is 0 Å². The van der Waals surface area contributed by atoms with Crippen LogP contribution in [0.25, 0.3) is 0 Å². The largest absolute Gasteiger partial charge is 0.392 e. The molecule has 1 saturated carbocycles. The number of hydrogen-bond acceptors (Lipinski definition) is 3. The van der Waals surface area contributed by atoms with E-state index in [0.29, 0.717) is 12.1 Å². The Kier molecular flexibility index (Phi) is 3.33. The van der Waals surface area contributed by atoms with Gasteiger partial charge in [0, 0.05) is 24.6 Å². The molecule has 3 heteroatoms. The normalized spacial score (nSPS) is 33.9. The Hall–Kier alpha value is -0.120. The first kappa shape index (κ1) is 11.0. The van der Waals surface area contributed by atoms with Crippen LogP contribution in [0, 0.1) is 5.41 Å². The average molecular weight is 187 g/mol. The van der Waals surface area contributed by atoms with Crippen molar-refractivity contribution in [1.29, 1.82) is 0 Å². The van der Waals surface area contributed by atoms with Crippen molar-refractivity contribution in [2.75, 3.05) is 13.7 Å². The van der Waals surface area contributed by atoms with Gasteiger partial charge in [0.15, 0.2) is 0 Å². The van der Waals surface area contributed by atoms with Crippen molar-refractivity contribution in [2.45, 2.75) is 45.4 Å². The van der Waals surface area contributed by atoms with E-state index in [2.05, 4.69) is 26.1 Å². The summed E-state index contributed by atoms with van der Waals surface area (Å²) in [4.78, 5) is 0. The van der Waals surface area contributed by atoms with Crippen LogP contribution in [0.2, 0.25) is 0 Å². The average Bonchev–Trinajstić information content (AvgIpc) is 2.04. The minimum absolute atomic E-state index is 0.0159. The second-order valence-corrected chi connectivity index (χ2v) is 4.65. The maximum absolute atomic E-state index is 9.52. The van der Waals surface area contributed by atoms with E-state index < -0.39 is 0 Å². The van der Waals surface area contributed by atoms with Gasteiger partial charge in [0.1, 0.15) is 0 Å². The summed E-state index contributed by atoms with van der Waals surface area (Å²) in [5.41, 5.74) is 0.0159. The van der Waals surface area contributed by atoms with Crippen LogP contribution >= 0.6 is 0 Å². The number of nitrogens with one attached hydrogen (secondary N) is 1. The quantitative estimate of drug-likeness (QED) is 0.683. The molecule has 1 rings (SSSR count). The molecule has 3 atom stereocenters. The first-order valence-electron chi connectivity index (χ1n) is 4.91. The van der Waals surface area contributed by atoms with Gasteiger partial charge in [-0.25, -0.2) is 0 Å². The van der Waals surface area contributed by atoms with E-state index >= 15 is 0 Å². The molecular formula is C10H21NO2. The van der Waals surface area contributed by atoms with Crippen LogP contribution in [-0.4, -0.2) is 37.0 Å². The number of aliphatic hydroxyl groups excluding tert-OH is 1. The highest BCUT2D eigenvalue weighted by Crippen LogP contribution is 2.40. The predicted molar refractivity (Wildman–Crippen MR) is 52.7 cm³/mol. The van der Waals surface area contributed by atoms with Crippen molar-refractivity contribution in [3.8, 4) is 0 Å². The fourth-order valence-electron chi connectivity index (χ4n) is 1.83. The molecule has 3 nitrogen and oxygen atoms in total. The van der Waals surface area contributed by atoms with E-state index in [4.69, 9.17) is 4.74 Å². The lowest BCUT2D eigenvalue weighted by molar-refractivity contribution is -0.0773. The van der Waals surface area contributed by atoms with Gasteiger partial charge in [0.25, 0.3) is 0 Å². The fraction of sp³-hybridized carbons (Fsp3) is 1.00. The molecule has 1 fully saturated rings. The molecular weight excluding hydrogens is 166 g/mol. The third kappa shape index (κ3) is 2.22. The first-order chi connectivity index (χ1) is 5.98. The highest BCUT2D eigenvalue weighted by atomic mass is 16.5. The summed E-state index contributed by atoms with van der Waals surface area (Å²) in [5, 5.41) is 13.0. The molecule has 0 aromatic rings. The zero-order valence-corrected chi connectivity index (χ0v) is 9.00. The van der Waals surface area contributed by atoms with E-state index in [0.717, 1.165) is 13.0 Å². The van der Waals surface area contributed by atoms with Crippen LogP contribution in [0.3, 0.4) is 0 Å². The van der Waals surface area contributed by atoms with E-state index in [-0.39, 0.29) is 11.5 Å². The minimum Gasteiger partial charge on any atom is -0.392 e. The van der Waals surface area contributed by atoms with Crippen molar-refractivity contribution in [3.05, 3.63) is 0 Å². The minimum atomic E-state index is -0.153. The van der Waals surface area contributed by atoms with Gasteiger partial charge < -0.3 is 15.2 Å². The summed E-state index contributed by atoms with van der Waals surface area (Å²) in [6.45, 7) is 7.02. The molecule has 1 aliphatic rings. The van der Waals surface area contributed by atoms with Gasteiger partial charge in [-0.15, -0.1) is 0 Å². The van der Waals surface area contributed by atoms with Crippen molar-refractivity contribution in [1.82, 2.24) is 5.32 Å². The van der Waals surface area contributed by atoms with Crippen LogP contribution in [0.1, 0.15) is 27.2 Å². The van der Waals surface area contributed by atoms with Crippen LogP contribution in [0.4, 0.5) is 0 Å². The molecule has 0 aromatic heterocycles. The Morgan fingerprint density at radius 3 is 2.62 bits per heavy atom. The van der Waals surface area contributed by atoms with E-state index in [1.54, 1.807) is 7.11 Å². The second-order valence-electron chi connectivity index (χ2n) is 4.65. The molecule has 13 heavy (non-hydrogen) atoms. The Morgan fingerprint density at radius 1 is 1.62 bits per heavy atom. The van der Waals surface area contributed by atoms with Crippen LogP contribution in [0.5, 0.6) is 0 Å². The number of hydrogen-bond donors (Lipinski definition) is 2. The summed E-state index contributed by atoms with van der Waals surface area (Å²) < 4.78 is 5.04. The monoisotopic (exact) mass is 187 g/mol. The molecule has 3 unspecified atom stereocenters. The topological polar surface area (TPSA) is 41.5 Å². The molecule has 0 heterocycles. The number of methoxy groups -OCH3 is 1. The van der Waals surface area contributed by atoms with Crippen LogP contribution < -0.4 is 5.32 Å². The summed E-state index contributed by atoms with van der Waals surface area (Å²) in [7, 11) is 1.71. The van der Waals surface area contributed by atoms with E-state index in [1.807, 2.05) is 0 Å². The third-order valence-corrected chi connectivity index (χ3v) is 3.12. The zero-order chi connectivity index (χ0) is 10.1. The highest BCUT2D eigenvalue weighted by molar-refractivity contribution is 5.02. The lowest BCUT2D eigenvalue weighted by Crippen LogP contribution is -2.62. The van der Waals surface area contributed by atoms with Gasteiger partial charge in [0.2, 0.25) is 0 Å². The maximum atomic E-state index is 9.52. The van der Waals surface area contributed by atoms with E-state index in [9.17, 15) is 5.11 Å². The SMILES string of the molecule is COCC(C)NC1CC(O)C1(C)C. The van der Waals surface area contributed by atoms with Crippen molar-refractivity contribution < 1.29 is 9.84 Å². The lowest BCUT2D eigenvalue weighted by Gasteiger charge is -2.50. The Labute approximate surface area is 80.5 Å². The molecule has 0 spiro atoms. The molecule has 78 valence electrons. The Morgan fingerprint density at radius 2 is 2.23 bits per heavy atom. The standard InChI is InChI=1S/C10H21NO2/c1-7(6-13-4)11-8-5-9(12)10(8,2)3/h7-9,11-12H,5-6H2,1-4H3. The molecule has 0 amide bonds. The lowest BCUT2D eigenvalue weighted by atomic mass is 9.64. The molecule has 1 aliphatic carbocycles. The van der Waals surface area contributed by atoms with Crippen molar-refractivity contribution in [3.63, 3.8) is 0 Å². The summed E-state index contributed by atoms with van der Waals surface area (Å²) in [6.07, 6.45) is 0.709. The summed E-state index contributed by atoms with van der Waals surface area (Å²) in [5.74, 6) is 0.